The topological polar surface area (TPSA) is 61.8 Å². The molecule has 2 aromatic carbocycles. The van der Waals surface area contributed by atoms with Crippen LogP contribution < -0.4 is 4.74 Å². The number of esters is 2. The van der Waals surface area contributed by atoms with Gasteiger partial charge in [-0.1, -0.05) is 36.4 Å². The second-order valence-electron chi connectivity index (χ2n) is 5.11. The van der Waals surface area contributed by atoms with Crippen LogP contribution in [-0.4, -0.2) is 24.6 Å². The van der Waals surface area contributed by atoms with Crippen LogP contribution in [-0.2, 0) is 20.9 Å². The van der Waals surface area contributed by atoms with Gasteiger partial charge in [0, 0.05) is 12.0 Å². The van der Waals surface area contributed by atoms with Gasteiger partial charge in [0.15, 0.2) is 0 Å². The molecule has 1 saturated heterocycles. The number of benzene rings is 2. The minimum Gasteiger partial charge on any atom is -0.489 e. The number of rotatable bonds is 5. The Balaban J connectivity index is 1.69. The number of cyclic esters (lactones) is 1. The summed E-state index contributed by atoms with van der Waals surface area (Å²) in [5, 5.41) is 0. The molecule has 0 aliphatic carbocycles. The lowest BCUT2D eigenvalue weighted by atomic mass is 10.1. The fourth-order valence-corrected chi connectivity index (χ4v) is 2.30. The molecule has 1 heterocycles. The van der Waals surface area contributed by atoms with Crippen molar-refractivity contribution in [3.05, 3.63) is 65.7 Å². The maximum absolute atomic E-state index is 12.3. The van der Waals surface area contributed by atoms with Crippen LogP contribution in [0.25, 0.3) is 0 Å². The third-order valence-electron chi connectivity index (χ3n) is 3.51. The molecule has 0 amide bonds. The Kier molecular flexibility index (Phi) is 4.57. The smallest absolute Gasteiger partial charge is 0.347 e. The fraction of sp³-hybridized carbons (Fsp3) is 0.222. The van der Waals surface area contributed by atoms with Crippen molar-refractivity contribution < 1.29 is 23.8 Å². The zero-order valence-corrected chi connectivity index (χ0v) is 12.4. The van der Waals surface area contributed by atoms with E-state index in [0.29, 0.717) is 17.5 Å². The monoisotopic (exact) mass is 312 g/mol. The molecule has 0 saturated carbocycles. The van der Waals surface area contributed by atoms with E-state index in [1.165, 1.54) is 0 Å². The van der Waals surface area contributed by atoms with E-state index in [-0.39, 0.29) is 13.2 Å². The van der Waals surface area contributed by atoms with Crippen molar-refractivity contribution in [2.24, 2.45) is 0 Å². The first kappa shape index (κ1) is 15.1. The lowest BCUT2D eigenvalue weighted by Crippen LogP contribution is -2.23. The van der Waals surface area contributed by atoms with E-state index < -0.39 is 18.0 Å². The van der Waals surface area contributed by atoms with Crippen molar-refractivity contribution >= 4 is 11.9 Å². The molecule has 0 spiro atoms. The molecule has 0 bridgehead atoms. The summed E-state index contributed by atoms with van der Waals surface area (Å²) in [5.74, 6) is -0.312. The van der Waals surface area contributed by atoms with Gasteiger partial charge >= 0.3 is 11.9 Å². The van der Waals surface area contributed by atoms with Crippen molar-refractivity contribution in [2.45, 2.75) is 19.1 Å². The van der Waals surface area contributed by atoms with Crippen LogP contribution in [0, 0.1) is 0 Å². The molecule has 0 aromatic heterocycles. The number of carbonyl (C=O) groups is 2. The second-order valence-corrected chi connectivity index (χ2v) is 5.11. The van der Waals surface area contributed by atoms with Gasteiger partial charge in [-0.2, -0.15) is 0 Å². The molecule has 5 heteroatoms. The summed E-state index contributed by atoms with van der Waals surface area (Å²) in [4.78, 5) is 23.7. The van der Waals surface area contributed by atoms with E-state index in [2.05, 4.69) is 0 Å². The molecule has 1 aliphatic rings. The lowest BCUT2D eigenvalue weighted by molar-refractivity contribution is -0.145. The molecule has 1 aliphatic heterocycles. The van der Waals surface area contributed by atoms with E-state index in [0.717, 1.165) is 5.75 Å². The Morgan fingerprint density at radius 2 is 1.83 bits per heavy atom. The average Bonchev–Trinajstić information content (AvgIpc) is 2.99. The zero-order valence-electron chi connectivity index (χ0n) is 12.4. The van der Waals surface area contributed by atoms with Gasteiger partial charge in [0.2, 0.25) is 6.10 Å². The molecule has 0 unspecified atom stereocenters. The molecule has 5 nitrogen and oxygen atoms in total. The molecule has 0 N–H and O–H groups in total. The molecule has 2 aromatic rings. The van der Waals surface area contributed by atoms with Crippen LogP contribution >= 0.6 is 0 Å². The number of ether oxygens (including phenoxy) is 3. The Morgan fingerprint density at radius 3 is 2.57 bits per heavy atom. The number of hydrogen-bond donors (Lipinski definition) is 0. The lowest BCUT2D eigenvalue weighted by Gasteiger charge is -2.12. The Labute approximate surface area is 133 Å². The van der Waals surface area contributed by atoms with Gasteiger partial charge in [-0.05, 0) is 18.2 Å². The second kappa shape index (κ2) is 6.96. The fourth-order valence-electron chi connectivity index (χ4n) is 2.30. The molecule has 1 fully saturated rings. The van der Waals surface area contributed by atoms with Crippen molar-refractivity contribution in [1.82, 2.24) is 0 Å². The minimum absolute atomic E-state index is 0.240. The first-order valence-electron chi connectivity index (χ1n) is 7.37. The standard InChI is InChI=1S/C18H16O5/c19-17(23-16-10-11-21-18(16)20)15-9-5-4-6-13(15)12-22-14-7-2-1-3-8-14/h1-9,16H,10-12H2/t16-/m1/s1. The number of hydrogen-bond acceptors (Lipinski definition) is 5. The van der Waals surface area contributed by atoms with Crippen LogP contribution in [0.3, 0.4) is 0 Å². The number of para-hydroxylation sites is 1. The summed E-state index contributed by atoms with van der Waals surface area (Å²) < 4.78 is 15.7. The van der Waals surface area contributed by atoms with Gasteiger partial charge in [-0.3, -0.25) is 0 Å². The summed E-state index contributed by atoms with van der Waals surface area (Å²) >= 11 is 0. The Bertz CT molecular complexity index is 696. The van der Waals surface area contributed by atoms with Gasteiger partial charge < -0.3 is 14.2 Å². The van der Waals surface area contributed by atoms with Crippen molar-refractivity contribution in [3.8, 4) is 5.75 Å². The summed E-state index contributed by atoms with van der Waals surface area (Å²) in [5.41, 5.74) is 1.09. The molecule has 23 heavy (non-hydrogen) atoms. The summed E-state index contributed by atoms with van der Waals surface area (Å²) in [6.07, 6.45) is -0.418. The molecular weight excluding hydrogens is 296 g/mol. The maximum atomic E-state index is 12.3. The van der Waals surface area contributed by atoms with Crippen LogP contribution in [0.2, 0.25) is 0 Å². The van der Waals surface area contributed by atoms with Gasteiger partial charge in [0.05, 0.1) is 12.2 Å². The van der Waals surface area contributed by atoms with Crippen LogP contribution in [0.4, 0.5) is 0 Å². The van der Waals surface area contributed by atoms with E-state index >= 15 is 0 Å². The third-order valence-corrected chi connectivity index (χ3v) is 3.51. The van der Waals surface area contributed by atoms with Crippen molar-refractivity contribution in [3.63, 3.8) is 0 Å². The summed E-state index contributed by atoms with van der Waals surface area (Å²) in [7, 11) is 0. The quantitative estimate of drug-likeness (QED) is 0.794. The highest BCUT2D eigenvalue weighted by Crippen LogP contribution is 2.18. The van der Waals surface area contributed by atoms with Gasteiger partial charge in [-0.25, -0.2) is 9.59 Å². The number of carbonyl (C=O) groups excluding carboxylic acids is 2. The van der Waals surface area contributed by atoms with Gasteiger partial charge in [0.25, 0.3) is 0 Å². The molecule has 1 atom stereocenters. The van der Waals surface area contributed by atoms with Crippen LogP contribution in [0.15, 0.2) is 54.6 Å². The molecule has 118 valence electrons. The highest BCUT2D eigenvalue weighted by molar-refractivity contribution is 5.93. The van der Waals surface area contributed by atoms with E-state index in [4.69, 9.17) is 14.2 Å². The molecule has 0 radical (unpaired) electrons. The molecular formula is C18H16O5. The maximum Gasteiger partial charge on any atom is 0.347 e. The summed E-state index contributed by atoms with van der Waals surface area (Å²) in [6, 6.07) is 16.4. The Morgan fingerprint density at radius 1 is 1.09 bits per heavy atom. The highest BCUT2D eigenvalue weighted by atomic mass is 16.6. The van der Waals surface area contributed by atoms with Crippen LogP contribution in [0.1, 0.15) is 22.3 Å². The van der Waals surface area contributed by atoms with E-state index in [1.807, 2.05) is 36.4 Å². The SMILES string of the molecule is O=C(O[C@@H]1CCOC1=O)c1ccccc1COc1ccccc1. The molecule has 3 rings (SSSR count). The van der Waals surface area contributed by atoms with Gasteiger partial charge in [0.1, 0.15) is 12.4 Å². The summed E-state index contributed by atoms with van der Waals surface area (Å²) in [6.45, 7) is 0.528. The van der Waals surface area contributed by atoms with E-state index in [9.17, 15) is 9.59 Å². The largest absolute Gasteiger partial charge is 0.489 e. The Hall–Kier alpha value is -2.82. The van der Waals surface area contributed by atoms with Crippen LogP contribution in [0.5, 0.6) is 5.75 Å². The normalized spacial score (nSPS) is 16.7. The zero-order chi connectivity index (χ0) is 16.1. The third kappa shape index (κ3) is 3.69. The average molecular weight is 312 g/mol. The predicted octanol–water partition coefficient (Wildman–Crippen LogP) is 2.74. The van der Waals surface area contributed by atoms with Gasteiger partial charge in [-0.15, -0.1) is 0 Å². The first-order chi connectivity index (χ1) is 11.2. The first-order valence-corrected chi connectivity index (χ1v) is 7.37. The van der Waals surface area contributed by atoms with Crippen molar-refractivity contribution in [1.29, 1.82) is 0 Å². The minimum atomic E-state index is -0.814. The van der Waals surface area contributed by atoms with Crippen molar-refractivity contribution in [2.75, 3.05) is 6.61 Å². The predicted molar refractivity (Wildman–Crippen MR) is 82.0 cm³/mol. The highest BCUT2D eigenvalue weighted by Gasteiger charge is 2.31. The van der Waals surface area contributed by atoms with E-state index in [1.54, 1.807) is 18.2 Å².